The van der Waals surface area contributed by atoms with Crippen LogP contribution >= 0.6 is 0 Å². The normalized spacial score (nSPS) is 15.0. The Labute approximate surface area is 143 Å². The van der Waals surface area contributed by atoms with Crippen LogP contribution in [0.25, 0.3) is 0 Å². The molecule has 0 radical (unpaired) electrons. The predicted molar refractivity (Wildman–Crippen MR) is 94.5 cm³/mol. The molecule has 2 aromatic rings. The van der Waals surface area contributed by atoms with E-state index in [4.69, 9.17) is 0 Å². The lowest BCUT2D eigenvalue weighted by molar-refractivity contribution is 0.221. The van der Waals surface area contributed by atoms with Crippen LogP contribution in [0.1, 0.15) is 43.4 Å². The summed E-state index contributed by atoms with van der Waals surface area (Å²) in [7, 11) is -3.67. The molecule has 0 unspecified atom stereocenters. The lowest BCUT2D eigenvalue weighted by atomic mass is 9.91. The first-order chi connectivity index (χ1) is 11.3. The van der Waals surface area contributed by atoms with Crippen LogP contribution in [0.3, 0.4) is 0 Å². The van der Waals surface area contributed by atoms with Gasteiger partial charge in [-0.15, -0.1) is 0 Å². The summed E-state index contributed by atoms with van der Waals surface area (Å²) in [5, 5.41) is 0. The maximum absolute atomic E-state index is 13.9. The number of aryl methyl sites for hydroxylation is 2. The third-order valence-electron chi connectivity index (χ3n) is 4.45. The van der Waals surface area contributed by atoms with Crippen molar-refractivity contribution in [3.05, 3.63) is 59.2 Å². The summed E-state index contributed by atoms with van der Waals surface area (Å²) >= 11 is 0. The van der Waals surface area contributed by atoms with E-state index in [1.807, 2.05) is 12.1 Å². The van der Waals surface area contributed by atoms with E-state index in [-0.39, 0.29) is 4.90 Å². The maximum atomic E-state index is 13.9. The third kappa shape index (κ3) is 3.61. The summed E-state index contributed by atoms with van der Waals surface area (Å²) in [5.74, 6) is 0. The Kier molecular flexibility index (Phi) is 4.38. The summed E-state index contributed by atoms with van der Waals surface area (Å²) in [5.41, 5.74) is 2.06. The smallest absolute Gasteiger partial charge is 0.261 e. The number of nitrogens with one attached hydrogen (secondary N) is 1. The highest BCUT2D eigenvalue weighted by molar-refractivity contribution is 7.92. The molecule has 5 heteroatoms. The van der Waals surface area contributed by atoms with E-state index in [1.54, 1.807) is 6.07 Å². The molecule has 1 aliphatic rings. The van der Waals surface area contributed by atoms with Gasteiger partial charge in [0.05, 0.1) is 4.90 Å². The fraction of sp³-hybridized carbons (Fsp3) is 0.368. The molecule has 0 saturated heterocycles. The number of hydrogen-bond donors (Lipinski definition) is 1. The van der Waals surface area contributed by atoms with E-state index in [2.05, 4.69) is 4.72 Å². The van der Waals surface area contributed by atoms with E-state index in [9.17, 15) is 12.8 Å². The topological polar surface area (TPSA) is 46.2 Å². The Morgan fingerprint density at radius 1 is 0.958 bits per heavy atom. The quantitative estimate of drug-likeness (QED) is 0.880. The van der Waals surface area contributed by atoms with E-state index < -0.39 is 15.7 Å². The van der Waals surface area contributed by atoms with E-state index in [1.165, 1.54) is 55.7 Å². The summed E-state index contributed by atoms with van der Waals surface area (Å²) in [4.78, 5) is 0.133. The summed E-state index contributed by atoms with van der Waals surface area (Å²) in [6, 6.07) is 11.6. The number of rotatable bonds is 4. The molecule has 0 saturated carbocycles. The zero-order chi connectivity index (χ0) is 17.4. The molecule has 0 aliphatic heterocycles. The van der Waals surface area contributed by atoms with Crippen LogP contribution in [0.5, 0.6) is 0 Å². The van der Waals surface area contributed by atoms with E-state index >= 15 is 0 Å². The number of fused-ring (bicyclic) bond motifs is 1. The van der Waals surface area contributed by atoms with Crippen molar-refractivity contribution in [2.24, 2.45) is 0 Å². The van der Waals surface area contributed by atoms with Gasteiger partial charge in [-0.05, 0) is 80.5 Å². The molecule has 128 valence electrons. The van der Waals surface area contributed by atoms with E-state index in [0.717, 1.165) is 19.3 Å². The molecule has 0 aromatic heterocycles. The first-order valence-corrected chi connectivity index (χ1v) is 9.68. The number of hydrogen-bond acceptors (Lipinski definition) is 2. The highest BCUT2D eigenvalue weighted by atomic mass is 32.2. The number of anilines is 1. The number of halogens is 1. The number of alkyl halides is 1. The molecule has 0 fully saturated rings. The average Bonchev–Trinajstić information content (AvgIpc) is 2.54. The van der Waals surface area contributed by atoms with Crippen LogP contribution in [-0.4, -0.2) is 8.42 Å². The Bertz CT molecular complexity index is 837. The van der Waals surface area contributed by atoms with Crippen molar-refractivity contribution in [2.75, 3.05) is 4.72 Å². The van der Waals surface area contributed by atoms with Gasteiger partial charge in [0.15, 0.2) is 0 Å². The zero-order valence-electron chi connectivity index (χ0n) is 14.0. The highest BCUT2D eigenvalue weighted by Gasteiger charge is 2.21. The van der Waals surface area contributed by atoms with E-state index in [0.29, 0.717) is 11.3 Å². The molecule has 0 bridgehead atoms. The fourth-order valence-electron chi connectivity index (χ4n) is 3.04. The Balaban J connectivity index is 1.83. The van der Waals surface area contributed by atoms with Crippen molar-refractivity contribution in [3.8, 4) is 0 Å². The SMILES string of the molecule is CC(C)(F)c1ccc(S(=O)(=O)Nc2ccc3c(c2)CCCC3)cc1. The fourth-order valence-corrected chi connectivity index (χ4v) is 4.09. The van der Waals surface area contributed by atoms with Crippen LogP contribution in [0.2, 0.25) is 0 Å². The second kappa shape index (κ2) is 6.20. The van der Waals surface area contributed by atoms with Crippen LogP contribution in [-0.2, 0) is 28.5 Å². The second-order valence-corrected chi connectivity index (χ2v) is 8.48. The molecular weight excluding hydrogens is 325 g/mol. The van der Waals surface area contributed by atoms with Gasteiger partial charge in [-0.1, -0.05) is 18.2 Å². The number of benzene rings is 2. The highest BCUT2D eigenvalue weighted by Crippen LogP contribution is 2.27. The molecular formula is C19H22FNO2S. The largest absolute Gasteiger partial charge is 0.280 e. The van der Waals surface area contributed by atoms with Gasteiger partial charge < -0.3 is 0 Å². The van der Waals surface area contributed by atoms with Gasteiger partial charge in [0.25, 0.3) is 10.0 Å². The van der Waals surface area contributed by atoms with Crippen LogP contribution in [0.4, 0.5) is 10.1 Å². The maximum Gasteiger partial charge on any atom is 0.261 e. The van der Waals surface area contributed by atoms with Crippen molar-refractivity contribution >= 4 is 15.7 Å². The van der Waals surface area contributed by atoms with Crippen LogP contribution in [0.15, 0.2) is 47.4 Å². The van der Waals surface area contributed by atoms with Gasteiger partial charge >= 0.3 is 0 Å². The molecule has 2 aromatic carbocycles. The van der Waals surface area contributed by atoms with Gasteiger partial charge in [0.2, 0.25) is 0 Å². The minimum absolute atomic E-state index is 0.133. The van der Waals surface area contributed by atoms with Crippen LogP contribution in [0, 0.1) is 0 Å². The second-order valence-electron chi connectivity index (χ2n) is 6.79. The van der Waals surface area contributed by atoms with Gasteiger partial charge in [0, 0.05) is 5.69 Å². The summed E-state index contributed by atoms with van der Waals surface area (Å²) in [6.45, 7) is 2.89. The Morgan fingerprint density at radius 2 is 1.58 bits per heavy atom. The van der Waals surface area contributed by atoms with Crippen molar-refractivity contribution in [1.82, 2.24) is 0 Å². The predicted octanol–water partition coefficient (Wildman–Crippen LogP) is 4.57. The van der Waals surface area contributed by atoms with Gasteiger partial charge in [-0.25, -0.2) is 12.8 Å². The molecule has 0 heterocycles. The molecule has 3 nitrogen and oxygen atoms in total. The monoisotopic (exact) mass is 347 g/mol. The lowest BCUT2D eigenvalue weighted by Gasteiger charge is -2.18. The van der Waals surface area contributed by atoms with Crippen LogP contribution < -0.4 is 4.72 Å². The first kappa shape index (κ1) is 17.0. The van der Waals surface area contributed by atoms with Crippen molar-refractivity contribution < 1.29 is 12.8 Å². The van der Waals surface area contributed by atoms with Crippen molar-refractivity contribution in [2.45, 2.75) is 50.1 Å². The summed E-state index contributed by atoms with van der Waals surface area (Å²) < 4.78 is 41.6. The molecule has 0 amide bonds. The Hall–Kier alpha value is -1.88. The minimum Gasteiger partial charge on any atom is -0.280 e. The Morgan fingerprint density at radius 3 is 2.21 bits per heavy atom. The molecule has 1 aliphatic carbocycles. The molecule has 3 rings (SSSR count). The zero-order valence-corrected chi connectivity index (χ0v) is 14.8. The van der Waals surface area contributed by atoms with Crippen molar-refractivity contribution in [3.63, 3.8) is 0 Å². The van der Waals surface area contributed by atoms with Gasteiger partial charge in [-0.3, -0.25) is 4.72 Å². The minimum atomic E-state index is -3.67. The van der Waals surface area contributed by atoms with Crippen molar-refractivity contribution in [1.29, 1.82) is 0 Å². The first-order valence-electron chi connectivity index (χ1n) is 8.20. The molecule has 0 atom stereocenters. The third-order valence-corrected chi connectivity index (χ3v) is 5.85. The van der Waals surface area contributed by atoms with Gasteiger partial charge in [-0.2, -0.15) is 0 Å². The molecule has 1 N–H and O–H groups in total. The molecule has 0 spiro atoms. The van der Waals surface area contributed by atoms with Gasteiger partial charge in [0.1, 0.15) is 5.67 Å². The standard InChI is InChI=1S/C19H22FNO2S/c1-19(2,20)16-8-11-18(12-9-16)24(22,23)21-17-10-7-14-5-3-4-6-15(14)13-17/h7-13,21H,3-6H2,1-2H3. The lowest BCUT2D eigenvalue weighted by Crippen LogP contribution is -2.15. The number of sulfonamides is 1. The molecule has 24 heavy (non-hydrogen) atoms. The average molecular weight is 347 g/mol. The summed E-state index contributed by atoms with van der Waals surface area (Å²) in [6.07, 6.45) is 4.38.